The van der Waals surface area contributed by atoms with Gasteiger partial charge in [0.25, 0.3) is 0 Å². The molecule has 1 aromatic heterocycles. The highest BCUT2D eigenvalue weighted by Crippen LogP contribution is 2.20. The minimum absolute atomic E-state index is 0.222. The monoisotopic (exact) mass is 310 g/mol. The number of nitrogens with zero attached hydrogens (tertiary/aromatic N) is 1. The van der Waals surface area contributed by atoms with E-state index in [1.54, 1.807) is 36.5 Å². The molecule has 0 aliphatic carbocycles. The van der Waals surface area contributed by atoms with E-state index in [0.29, 0.717) is 10.8 Å². The average Bonchev–Trinajstić information content (AvgIpc) is 2.86. The van der Waals surface area contributed by atoms with Crippen LogP contribution in [0.25, 0.3) is 0 Å². The number of nitrogens with one attached hydrogen (secondary N) is 1. The predicted molar refractivity (Wildman–Crippen MR) is 81.4 cm³/mol. The van der Waals surface area contributed by atoms with Crippen LogP contribution in [0.15, 0.2) is 34.5 Å². The summed E-state index contributed by atoms with van der Waals surface area (Å²) in [6, 6.07) is 6.94. The first-order chi connectivity index (χ1) is 9.40. The number of hydrogen-bond donors (Lipinski definition) is 1. The molecule has 1 aromatic carbocycles. The van der Waals surface area contributed by atoms with Crippen LogP contribution in [-0.4, -0.2) is 13.4 Å². The SMILES string of the molecule is Cc1ccccc1S(=O)(=O)NCc1csc(C(C)C)n1. The van der Waals surface area contributed by atoms with Crippen molar-refractivity contribution < 1.29 is 8.42 Å². The summed E-state index contributed by atoms with van der Waals surface area (Å²) in [7, 11) is -3.49. The Morgan fingerprint density at radius 2 is 2.00 bits per heavy atom. The van der Waals surface area contributed by atoms with E-state index >= 15 is 0 Å². The minimum Gasteiger partial charge on any atom is -0.245 e. The van der Waals surface area contributed by atoms with Crippen molar-refractivity contribution in [3.05, 3.63) is 45.9 Å². The number of thiazole rings is 1. The summed E-state index contributed by atoms with van der Waals surface area (Å²) in [6.07, 6.45) is 0. The molecular formula is C14H18N2O2S2. The highest BCUT2D eigenvalue weighted by molar-refractivity contribution is 7.89. The van der Waals surface area contributed by atoms with Gasteiger partial charge in [-0.2, -0.15) is 0 Å². The van der Waals surface area contributed by atoms with Crippen molar-refractivity contribution in [1.82, 2.24) is 9.71 Å². The zero-order valence-electron chi connectivity index (χ0n) is 11.8. The second-order valence-corrected chi connectivity index (χ2v) is 7.55. The molecule has 2 aromatic rings. The lowest BCUT2D eigenvalue weighted by atomic mass is 10.2. The van der Waals surface area contributed by atoms with Crippen molar-refractivity contribution in [2.45, 2.75) is 38.1 Å². The van der Waals surface area contributed by atoms with Crippen LogP contribution >= 0.6 is 11.3 Å². The minimum atomic E-state index is -3.49. The summed E-state index contributed by atoms with van der Waals surface area (Å²) in [4.78, 5) is 4.74. The maximum absolute atomic E-state index is 12.2. The Morgan fingerprint density at radius 1 is 1.30 bits per heavy atom. The third kappa shape index (κ3) is 3.45. The zero-order chi connectivity index (χ0) is 14.8. The van der Waals surface area contributed by atoms with Gasteiger partial charge >= 0.3 is 0 Å². The number of rotatable bonds is 5. The van der Waals surface area contributed by atoms with Crippen molar-refractivity contribution in [2.24, 2.45) is 0 Å². The highest BCUT2D eigenvalue weighted by Gasteiger charge is 2.16. The maximum Gasteiger partial charge on any atom is 0.241 e. The second-order valence-electron chi connectivity index (χ2n) is 4.92. The van der Waals surface area contributed by atoms with E-state index in [9.17, 15) is 8.42 Å². The van der Waals surface area contributed by atoms with Gasteiger partial charge in [-0.25, -0.2) is 18.1 Å². The van der Waals surface area contributed by atoms with E-state index in [0.717, 1.165) is 16.3 Å². The molecule has 0 radical (unpaired) electrons. The van der Waals surface area contributed by atoms with Gasteiger partial charge in [-0.1, -0.05) is 32.0 Å². The Hall–Kier alpha value is -1.24. The molecule has 0 unspecified atom stereocenters. The van der Waals surface area contributed by atoms with Crippen LogP contribution in [0.1, 0.15) is 36.0 Å². The fourth-order valence-corrected chi connectivity index (χ4v) is 3.85. The Kier molecular flexibility index (Phi) is 4.57. The zero-order valence-corrected chi connectivity index (χ0v) is 13.4. The van der Waals surface area contributed by atoms with Crippen molar-refractivity contribution in [3.8, 4) is 0 Å². The van der Waals surface area contributed by atoms with Crippen molar-refractivity contribution in [1.29, 1.82) is 0 Å². The van der Waals surface area contributed by atoms with Gasteiger partial charge < -0.3 is 0 Å². The van der Waals surface area contributed by atoms with Gasteiger partial charge in [0.05, 0.1) is 22.1 Å². The molecule has 0 bridgehead atoms. The molecule has 1 N–H and O–H groups in total. The van der Waals surface area contributed by atoms with Gasteiger partial charge in [-0.15, -0.1) is 11.3 Å². The summed E-state index contributed by atoms with van der Waals surface area (Å²) < 4.78 is 27.1. The van der Waals surface area contributed by atoms with Crippen LogP contribution < -0.4 is 4.72 Å². The lowest BCUT2D eigenvalue weighted by Gasteiger charge is -2.07. The molecular weight excluding hydrogens is 292 g/mol. The summed E-state index contributed by atoms with van der Waals surface area (Å²) in [5.74, 6) is 0.363. The number of benzene rings is 1. The van der Waals surface area contributed by atoms with Gasteiger partial charge in [0.1, 0.15) is 0 Å². The van der Waals surface area contributed by atoms with Gasteiger partial charge in [0, 0.05) is 11.3 Å². The number of sulfonamides is 1. The molecule has 0 atom stereocenters. The Balaban J connectivity index is 2.11. The molecule has 0 aliphatic rings. The largest absolute Gasteiger partial charge is 0.245 e. The second kappa shape index (κ2) is 6.03. The Labute approximate surface area is 123 Å². The van der Waals surface area contributed by atoms with Crippen molar-refractivity contribution >= 4 is 21.4 Å². The van der Waals surface area contributed by atoms with E-state index in [-0.39, 0.29) is 6.54 Å². The molecule has 6 heteroatoms. The average molecular weight is 310 g/mol. The quantitative estimate of drug-likeness (QED) is 0.923. The van der Waals surface area contributed by atoms with Gasteiger partial charge in [0.15, 0.2) is 0 Å². The standard InChI is InChI=1S/C14H18N2O2S2/c1-10(2)14-16-12(9-19-14)8-15-20(17,18)13-7-5-4-6-11(13)3/h4-7,9-10,15H,8H2,1-3H3. The first kappa shape index (κ1) is 15.2. The first-order valence-corrected chi connectivity index (χ1v) is 8.76. The van der Waals surface area contributed by atoms with Crippen LogP contribution in [0, 0.1) is 6.92 Å². The molecule has 0 saturated carbocycles. The van der Waals surface area contributed by atoms with Gasteiger partial charge in [-0.3, -0.25) is 0 Å². The van der Waals surface area contributed by atoms with Crippen LogP contribution in [0.4, 0.5) is 0 Å². The molecule has 108 valence electrons. The van der Waals surface area contributed by atoms with E-state index in [2.05, 4.69) is 23.6 Å². The number of hydrogen-bond acceptors (Lipinski definition) is 4. The normalized spacial score (nSPS) is 12.0. The lowest BCUT2D eigenvalue weighted by Crippen LogP contribution is -2.24. The topological polar surface area (TPSA) is 59.1 Å². The molecule has 2 rings (SSSR count). The molecule has 0 saturated heterocycles. The fraction of sp³-hybridized carbons (Fsp3) is 0.357. The summed E-state index contributed by atoms with van der Waals surface area (Å²) in [6.45, 7) is 6.15. The number of aryl methyl sites for hydroxylation is 1. The fourth-order valence-electron chi connectivity index (χ4n) is 1.77. The van der Waals surface area contributed by atoms with Crippen molar-refractivity contribution in [2.75, 3.05) is 0 Å². The van der Waals surface area contributed by atoms with Crippen LogP contribution in [0.5, 0.6) is 0 Å². The molecule has 4 nitrogen and oxygen atoms in total. The summed E-state index contributed by atoms with van der Waals surface area (Å²) >= 11 is 1.56. The maximum atomic E-state index is 12.2. The van der Waals surface area contributed by atoms with E-state index in [1.807, 2.05) is 11.4 Å². The predicted octanol–water partition coefficient (Wildman–Crippen LogP) is 3.05. The van der Waals surface area contributed by atoms with Crippen molar-refractivity contribution in [3.63, 3.8) is 0 Å². The van der Waals surface area contributed by atoms with E-state index < -0.39 is 10.0 Å². The molecule has 20 heavy (non-hydrogen) atoms. The Morgan fingerprint density at radius 3 is 2.60 bits per heavy atom. The lowest BCUT2D eigenvalue weighted by molar-refractivity contribution is 0.580. The Bertz CT molecular complexity index is 691. The smallest absolute Gasteiger partial charge is 0.241 e. The van der Waals surface area contributed by atoms with Crippen LogP contribution in [0.2, 0.25) is 0 Å². The number of aromatic nitrogens is 1. The molecule has 0 fully saturated rings. The molecule has 1 heterocycles. The van der Waals surface area contributed by atoms with E-state index in [1.165, 1.54) is 0 Å². The molecule has 0 amide bonds. The van der Waals surface area contributed by atoms with E-state index in [4.69, 9.17) is 0 Å². The first-order valence-electron chi connectivity index (χ1n) is 6.40. The summed E-state index contributed by atoms with van der Waals surface area (Å²) in [5.41, 5.74) is 1.50. The third-order valence-corrected chi connectivity index (χ3v) is 5.65. The van der Waals surface area contributed by atoms with Gasteiger partial charge in [-0.05, 0) is 18.6 Å². The third-order valence-electron chi connectivity index (χ3n) is 2.89. The molecule has 0 aliphatic heterocycles. The molecule has 0 spiro atoms. The van der Waals surface area contributed by atoms with Crippen LogP contribution in [0.3, 0.4) is 0 Å². The van der Waals surface area contributed by atoms with Gasteiger partial charge in [0.2, 0.25) is 10.0 Å². The van der Waals surface area contributed by atoms with Crippen LogP contribution in [-0.2, 0) is 16.6 Å². The summed E-state index contributed by atoms with van der Waals surface area (Å²) in [5, 5.41) is 2.92. The highest BCUT2D eigenvalue weighted by atomic mass is 32.2.